The van der Waals surface area contributed by atoms with Gasteiger partial charge in [-0.15, -0.1) is 12.4 Å². The molecule has 1 aliphatic rings. The molecule has 0 bridgehead atoms. The molecule has 2 aromatic rings. The Morgan fingerprint density at radius 3 is 2.87 bits per heavy atom. The first-order valence-corrected chi connectivity index (χ1v) is 7.75. The second kappa shape index (κ2) is 7.62. The summed E-state index contributed by atoms with van der Waals surface area (Å²) in [5.41, 5.74) is 0.0726. The summed E-state index contributed by atoms with van der Waals surface area (Å²) >= 11 is 0. The number of rotatable bonds is 4. The quantitative estimate of drug-likeness (QED) is 0.871. The van der Waals surface area contributed by atoms with Crippen LogP contribution in [0.4, 0.5) is 0 Å². The van der Waals surface area contributed by atoms with E-state index in [0.717, 1.165) is 31.3 Å². The van der Waals surface area contributed by atoms with Crippen molar-refractivity contribution in [1.82, 2.24) is 10.2 Å². The number of nitrogens with zero attached hydrogens (tertiary/aromatic N) is 1. The normalized spacial score (nSPS) is 17.0. The predicted octanol–water partition coefficient (Wildman–Crippen LogP) is 2.43. The lowest BCUT2D eigenvalue weighted by molar-refractivity contribution is 0.0688. The predicted molar refractivity (Wildman–Crippen MR) is 92.3 cm³/mol. The third kappa shape index (κ3) is 3.57. The molecule has 0 saturated carbocycles. The summed E-state index contributed by atoms with van der Waals surface area (Å²) < 4.78 is 5.29. The van der Waals surface area contributed by atoms with Crippen LogP contribution in [0.15, 0.2) is 39.5 Å². The molecular formula is C17H21ClN2O3. The molecular weight excluding hydrogens is 316 g/mol. The maximum absolute atomic E-state index is 12.8. The standard InChI is InChI=1S/C17H20N2O3.ClH/c1-2-9-19(13-7-8-18-11-13)16(20)14-10-12-5-3-4-6-15(12)22-17(14)21;/h3-6,10,13,18H,2,7-9,11H2,1H3;1H. The summed E-state index contributed by atoms with van der Waals surface area (Å²) in [7, 11) is 0. The Bertz CT molecular complexity index is 738. The molecule has 1 aromatic heterocycles. The van der Waals surface area contributed by atoms with E-state index >= 15 is 0 Å². The van der Waals surface area contributed by atoms with Crippen molar-refractivity contribution in [3.8, 4) is 0 Å². The maximum Gasteiger partial charge on any atom is 0.349 e. The van der Waals surface area contributed by atoms with E-state index in [1.807, 2.05) is 19.1 Å². The van der Waals surface area contributed by atoms with Gasteiger partial charge < -0.3 is 14.6 Å². The molecule has 0 spiro atoms. The van der Waals surface area contributed by atoms with Gasteiger partial charge in [0, 0.05) is 24.5 Å². The molecule has 2 heterocycles. The summed E-state index contributed by atoms with van der Waals surface area (Å²) in [6, 6.07) is 9.04. The summed E-state index contributed by atoms with van der Waals surface area (Å²) in [4.78, 5) is 26.8. The van der Waals surface area contributed by atoms with Gasteiger partial charge in [-0.1, -0.05) is 25.1 Å². The molecule has 124 valence electrons. The molecule has 1 N–H and O–H groups in total. The number of halogens is 1. The van der Waals surface area contributed by atoms with Crippen LogP contribution in [-0.2, 0) is 0 Å². The van der Waals surface area contributed by atoms with E-state index in [9.17, 15) is 9.59 Å². The van der Waals surface area contributed by atoms with E-state index in [1.165, 1.54) is 0 Å². The molecule has 3 rings (SSSR count). The molecule has 1 saturated heterocycles. The van der Waals surface area contributed by atoms with Gasteiger partial charge >= 0.3 is 5.63 Å². The highest BCUT2D eigenvalue weighted by Gasteiger charge is 2.28. The average Bonchev–Trinajstić information content (AvgIpc) is 3.05. The number of amides is 1. The minimum absolute atomic E-state index is 0. The van der Waals surface area contributed by atoms with Gasteiger partial charge in [0.05, 0.1) is 0 Å². The highest BCUT2D eigenvalue weighted by atomic mass is 35.5. The lowest BCUT2D eigenvalue weighted by atomic mass is 10.1. The molecule has 1 fully saturated rings. The Kier molecular flexibility index (Phi) is 5.80. The third-order valence-electron chi connectivity index (χ3n) is 4.07. The van der Waals surface area contributed by atoms with Crippen molar-refractivity contribution in [1.29, 1.82) is 0 Å². The fraction of sp³-hybridized carbons (Fsp3) is 0.412. The van der Waals surface area contributed by atoms with Crippen molar-refractivity contribution in [2.24, 2.45) is 0 Å². The van der Waals surface area contributed by atoms with Crippen LogP contribution < -0.4 is 10.9 Å². The largest absolute Gasteiger partial charge is 0.422 e. The van der Waals surface area contributed by atoms with Gasteiger partial charge in [0.25, 0.3) is 5.91 Å². The van der Waals surface area contributed by atoms with Crippen molar-refractivity contribution >= 4 is 29.3 Å². The first-order valence-electron chi connectivity index (χ1n) is 7.75. The molecule has 1 unspecified atom stereocenters. The van der Waals surface area contributed by atoms with E-state index in [-0.39, 0.29) is 29.9 Å². The van der Waals surface area contributed by atoms with E-state index in [0.29, 0.717) is 12.1 Å². The number of carbonyl (C=O) groups excluding carboxylic acids is 1. The molecule has 1 atom stereocenters. The van der Waals surface area contributed by atoms with Gasteiger partial charge in [0.1, 0.15) is 11.1 Å². The van der Waals surface area contributed by atoms with Crippen LogP contribution in [0.5, 0.6) is 0 Å². The summed E-state index contributed by atoms with van der Waals surface area (Å²) in [5.74, 6) is -0.227. The second-order valence-electron chi connectivity index (χ2n) is 5.63. The van der Waals surface area contributed by atoms with Gasteiger partial charge in [-0.05, 0) is 31.5 Å². The summed E-state index contributed by atoms with van der Waals surface area (Å²) in [6.45, 7) is 4.37. The minimum atomic E-state index is -0.559. The zero-order chi connectivity index (χ0) is 15.5. The molecule has 23 heavy (non-hydrogen) atoms. The van der Waals surface area contributed by atoms with Crippen molar-refractivity contribution in [3.63, 3.8) is 0 Å². The summed E-state index contributed by atoms with van der Waals surface area (Å²) in [5, 5.41) is 4.04. The zero-order valence-electron chi connectivity index (χ0n) is 13.1. The highest BCUT2D eigenvalue weighted by Crippen LogP contribution is 2.16. The van der Waals surface area contributed by atoms with Gasteiger partial charge in [-0.2, -0.15) is 0 Å². The molecule has 1 aromatic carbocycles. The SMILES string of the molecule is CCCN(C(=O)c1cc2ccccc2oc1=O)C1CCNC1.Cl. The number of para-hydroxylation sites is 1. The molecule has 1 aliphatic heterocycles. The van der Waals surface area contributed by atoms with Crippen LogP contribution in [0.2, 0.25) is 0 Å². The zero-order valence-corrected chi connectivity index (χ0v) is 13.9. The lowest BCUT2D eigenvalue weighted by Crippen LogP contribution is -2.43. The number of carbonyl (C=O) groups is 1. The van der Waals surface area contributed by atoms with E-state index in [2.05, 4.69) is 5.32 Å². The van der Waals surface area contributed by atoms with Crippen LogP contribution >= 0.6 is 12.4 Å². The third-order valence-corrected chi connectivity index (χ3v) is 4.07. The van der Waals surface area contributed by atoms with Gasteiger partial charge in [-0.25, -0.2) is 4.79 Å². The Morgan fingerprint density at radius 1 is 1.39 bits per heavy atom. The smallest absolute Gasteiger partial charge is 0.349 e. The molecule has 0 aliphatic carbocycles. The second-order valence-corrected chi connectivity index (χ2v) is 5.63. The van der Waals surface area contributed by atoms with Crippen LogP contribution in [-0.4, -0.2) is 36.5 Å². The van der Waals surface area contributed by atoms with Gasteiger partial charge in [0.15, 0.2) is 0 Å². The molecule has 5 nitrogen and oxygen atoms in total. The van der Waals surface area contributed by atoms with Crippen molar-refractivity contribution in [2.45, 2.75) is 25.8 Å². The maximum atomic E-state index is 12.8. The lowest BCUT2D eigenvalue weighted by Gasteiger charge is -2.27. The van der Waals surface area contributed by atoms with E-state index in [4.69, 9.17) is 4.42 Å². The first-order chi connectivity index (χ1) is 10.7. The Morgan fingerprint density at radius 2 is 2.17 bits per heavy atom. The highest BCUT2D eigenvalue weighted by molar-refractivity contribution is 5.96. The van der Waals surface area contributed by atoms with Crippen LogP contribution in [0.1, 0.15) is 30.1 Å². The molecule has 6 heteroatoms. The Labute approximate surface area is 141 Å². The van der Waals surface area contributed by atoms with Crippen LogP contribution in [0, 0.1) is 0 Å². The van der Waals surface area contributed by atoms with Crippen molar-refractivity contribution in [2.75, 3.05) is 19.6 Å². The fourth-order valence-corrected chi connectivity index (χ4v) is 2.96. The number of benzene rings is 1. The van der Waals surface area contributed by atoms with E-state index in [1.54, 1.807) is 23.1 Å². The van der Waals surface area contributed by atoms with Gasteiger partial charge in [-0.3, -0.25) is 4.79 Å². The minimum Gasteiger partial charge on any atom is -0.422 e. The molecule has 1 amide bonds. The number of fused-ring (bicyclic) bond motifs is 1. The topological polar surface area (TPSA) is 62.6 Å². The van der Waals surface area contributed by atoms with Crippen molar-refractivity contribution < 1.29 is 9.21 Å². The number of nitrogens with one attached hydrogen (secondary N) is 1. The van der Waals surface area contributed by atoms with E-state index < -0.39 is 5.63 Å². The monoisotopic (exact) mass is 336 g/mol. The Hall–Kier alpha value is -1.85. The van der Waals surface area contributed by atoms with Gasteiger partial charge in [0.2, 0.25) is 0 Å². The van der Waals surface area contributed by atoms with Crippen LogP contribution in [0.3, 0.4) is 0 Å². The molecule has 0 radical (unpaired) electrons. The fourth-order valence-electron chi connectivity index (χ4n) is 2.96. The average molecular weight is 337 g/mol. The Balaban J connectivity index is 0.00000192. The first kappa shape index (κ1) is 17.5. The number of hydrogen-bond donors (Lipinski definition) is 1. The summed E-state index contributed by atoms with van der Waals surface area (Å²) in [6.07, 6.45) is 1.78. The number of hydrogen-bond acceptors (Lipinski definition) is 4. The van der Waals surface area contributed by atoms with Crippen LogP contribution in [0.25, 0.3) is 11.0 Å². The van der Waals surface area contributed by atoms with Crippen molar-refractivity contribution in [3.05, 3.63) is 46.3 Å².